The third kappa shape index (κ3) is 1.84. The van der Waals surface area contributed by atoms with Gasteiger partial charge in [0, 0.05) is 0 Å². The van der Waals surface area contributed by atoms with Gasteiger partial charge in [0.2, 0.25) is 5.54 Å². The zero-order chi connectivity index (χ0) is 10.5. The largest absolute Gasteiger partial charge is 1.00 e. The Bertz CT molecular complexity index is 375. The Morgan fingerprint density at radius 3 is 1.14 bits per heavy atom. The number of nitrogens with two attached hydrogens (primary N) is 1. The van der Waals surface area contributed by atoms with Gasteiger partial charge in [0.1, 0.15) is 30.3 Å². The standard InChI is InChI=1S/C7H2N6.Na.H/c8-1-6(2-9,3-10)7(13,4-11)5-12;;/h13H2;;/q;+1;-1. The number of rotatable bonds is 1. The summed E-state index contributed by atoms with van der Waals surface area (Å²) in [5.74, 6) is 0. The SMILES string of the molecule is N#CC(N)(C#N)C(C#N)(C#N)C#N.[H-].[Na+]. The first-order chi connectivity index (χ1) is 6.05. The maximum atomic E-state index is 8.50. The van der Waals surface area contributed by atoms with Crippen LogP contribution in [-0.4, -0.2) is 5.54 Å². The average molecular weight is 194 g/mol. The minimum Gasteiger partial charge on any atom is -1.00 e. The molecular weight excluding hydrogens is 191 g/mol. The fourth-order valence-corrected chi connectivity index (χ4v) is 0.532. The molecule has 0 rings (SSSR count). The normalized spacial score (nSPS) is 8.86. The second-order valence-corrected chi connectivity index (χ2v) is 2.12. The van der Waals surface area contributed by atoms with Crippen molar-refractivity contribution in [2.45, 2.75) is 5.54 Å². The molecule has 0 spiro atoms. The van der Waals surface area contributed by atoms with E-state index in [0.29, 0.717) is 0 Å². The summed E-state index contributed by atoms with van der Waals surface area (Å²) in [6.07, 6.45) is 0. The molecule has 0 fully saturated rings. The summed E-state index contributed by atoms with van der Waals surface area (Å²) >= 11 is 0. The van der Waals surface area contributed by atoms with E-state index in [1.165, 1.54) is 30.3 Å². The van der Waals surface area contributed by atoms with Crippen LogP contribution in [0.5, 0.6) is 0 Å². The summed E-state index contributed by atoms with van der Waals surface area (Å²) in [7, 11) is 0. The Balaban J connectivity index is -0.000000720. The van der Waals surface area contributed by atoms with Crippen LogP contribution in [0, 0.1) is 62.1 Å². The molecule has 0 aromatic carbocycles. The molecule has 0 aliphatic carbocycles. The third-order valence-corrected chi connectivity index (χ3v) is 1.45. The van der Waals surface area contributed by atoms with Crippen LogP contribution in [0.2, 0.25) is 0 Å². The Kier molecular flexibility index (Phi) is 5.54. The molecule has 0 unspecified atom stereocenters. The quantitative estimate of drug-likeness (QED) is 0.427. The molecule has 0 heterocycles. The molecule has 6 nitrogen and oxygen atoms in total. The minimum atomic E-state index is -2.45. The molecule has 0 saturated heterocycles. The number of nitriles is 5. The van der Waals surface area contributed by atoms with Gasteiger partial charge in [0.15, 0.2) is 0 Å². The molecule has 0 aliphatic rings. The zero-order valence-electron chi connectivity index (χ0n) is 8.31. The van der Waals surface area contributed by atoms with E-state index in [1.54, 1.807) is 0 Å². The van der Waals surface area contributed by atoms with Gasteiger partial charge in [-0.2, -0.15) is 26.3 Å². The van der Waals surface area contributed by atoms with Crippen LogP contribution in [0.15, 0.2) is 0 Å². The van der Waals surface area contributed by atoms with E-state index in [9.17, 15) is 0 Å². The summed E-state index contributed by atoms with van der Waals surface area (Å²) in [5.41, 5.74) is 0.244. The first-order valence-corrected chi connectivity index (χ1v) is 2.91. The van der Waals surface area contributed by atoms with E-state index in [4.69, 9.17) is 32.0 Å². The Morgan fingerprint density at radius 1 is 0.786 bits per heavy atom. The van der Waals surface area contributed by atoms with Gasteiger partial charge in [-0.25, -0.2) is 0 Å². The van der Waals surface area contributed by atoms with Crippen molar-refractivity contribution >= 4 is 0 Å². The number of hydrogen-bond acceptors (Lipinski definition) is 6. The molecule has 0 atom stereocenters. The zero-order valence-corrected chi connectivity index (χ0v) is 9.31. The minimum absolute atomic E-state index is 0. The number of nitrogens with zero attached hydrogens (tertiary/aromatic N) is 5. The van der Waals surface area contributed by atoms with Crippen molar-refractivity contribution in [3.05, 3.63) is 0 Å². The van der Waals surface area contributed by atoms with Crippen molar-refractivity contribution in [3.63, 3.8) is 0 Å². The molecule has 0 saturated carbocycles. The molecule has 62 valence electrons. The van der Waals surface area contributed by atoms with Crippen molar-refractivity contribution in [2.75, 3.05) is 0 Å². The van der Waals surface area contributed by atoms with Crippen molar-refractivity contribution in [3.8, 4) is 30.3 Å². The van der Waals surface area contributed by atoms with Crippen molar-refractivity contribution in [1.29, 1.82) is 26.3 Å². The summed E-state index contributed by atoms with van der Waals surface area (Å²) in [6, 6.07) is 6.34. The average Bonchev–Trinajstić information content (AvgIpc) is 2.20. The molecule has 0 amide bonds. The van der Waals surface area contributed by atoms with E-state index >= 15 is 0 Å². The Labute approximate surface area is 104 Å². The van der Waals surface area contributed by atoms with Gasteiger partial charge in [0.05, 0.1) is 0 Å². The smallest absolute Gasteiger partial charge is 1.00 e. The summed E-state index contributed by atoms with van der Waals surface area (Å²) in [6.45, 7) is 0. The van der Waals surface area contributed by atoms with E-state index in [0.717, 1.165) is 0 Å². The van der Waals surface area contributed by atoms with Gasteiger partial charge in [-0.05, 0) is 0 Å². The van der Waals surface area contributed by atoms with E-state index in [2.05, 4.69) is 0 Å². The molecule has 2 N–H and O–H groups in total. The molecule has 0 bridgehead atoms. The monoisotopic (exact) mass is 194 g/mol. The van der Waals surface area contributed by atoms with Gasteiger partial charge in [-0.15, -0.1) is 0 Å². The van der Waals surface area contributed by atoms with Gasteiger partial charge >= 0.3 is 29.6 Å². The molecule has 0 radical (unpaired) electrons. The maximum absolute atomic E-state index is 8.50. The van der Waals surface area contributed by atoms with Crippen LogP contribution in [0.1, 0.15) is 1.43 Å². The van der Waals surface area contributed by atoms with Gasteiger partial charge in [0.25, 0.3) is 5.41 Å². The van der Waals surface area contributed by atoms with Crippen LogP contribution >= 0.6 is 0 Å². The fourth-order valence-electron chi connectivity index (χ4n) is 0.532. The molecule has 0 aromatic heterocycles. The molecule has 7 heteroatoms. The van der Waals surface area contributed by atoms with Crippen LogP contribution < -0.4 is 35.3 Å². The summed E-state index contributed by atoms with van der Waals surface area (Å²) < 4.78 is 0. The van der Waals surface area contributed by atoms with Crippen LogP contribution in [0.25, 0.3) is 0 Å². The van der Waals surface area contributed by atoms with Gasteiger partial charge in [-0.1, -0.05) is 0 Å². The third-order valence-electron chi connectivity index (χ3n) is 1.45. The van der Waals surface area contributed by atoms with Gasteiger partial charge in [-0.3, -0.25) is 5.73 Å². The topological polar surface area (TPSA) is 145 Å². The summed E-state index contributed by atoms with van der Waals surface area (Å²) in [5, 5.41) is 42.4. The van der Waals surface area contributed by atoms with E-state index in [-0.39, 0.29) is 31.0 Å². The second-order valence-electron chi connectivity index (χ2n) is 2.12. The van der Waals surface area contributed by atoms with Crippen molar-refractivity contribution in [1.82, 2.24) is 0 Å². The number of hydrogen-bond donors (Lipinski definition) is 1. The molecule has 14 heavy (non-hydrogen) atoms. The van der Waals surface area contributed by atoms with Crippen LogP contribution in [0.3, 0.4) is 0 Å². The van der Waals surface area contributed by atoms with Crippen LogP contribution in [0.4, 0.5) is 0 Å². The van der Waals surface area contributed by atoms with E-state index in [1.807, 2.05) is 0 Å². The molecule has 0 aromatic rings. The Morgan fingerprint density at radius 2 is 1.07 bits per heavy atom. The van der Waals surface area contributed by atoms with Crippen LogP contribution in [-0.2, 0) is 0 Å². The predicted molar refractivity (Wildman–Crippen MR) is 38.5 cm³/mol. The maximum Gasteiger partial charge on any atom is 1.00 e. The summed E-state index contributed by atoms with van der Waals surface area (Å²) in [4.78, 5) is 0. The Hall–Kier alpha value is -1.59. The van der Waals surface area contributed by atoms with Gasteiger partial charge < -0.3 is 1.43 Å². The first-order valence-electron chi connectivity index (χ1n) is 2.91. The molecule has 0 aliphatic heterocycles. The van der Waals surface area contributed by atoms with E-state index < -0.39 is 11.0 Å². The predicted octanol–water partition coefficient (Wildman–Crippen LogP) is -3.60. The first kappa shape index (κ1) is 14.9. The van der Waals surface area contributed by atoms with Crippen molar-refractivity contribution in [2.24, 2.45) is 11.1 Å². The fraction of sp³-hybridized carbons (Fsp3) is 0.286. The second kappa shape index (κ2) is 5.21. The van der Waals surface area contributed by atoms with Crippen molar-refractivity contribution < 1.29 is 31.0 Å². The molecular formula is C7H3N6Na.